The molecule has 1 N–H and O–H groups in total. The molecule has 12 heteroatoms. The number of benzene rings is 1. The van der Waals surface area contributed by atoms with Gasteiger partial charge in [-0.05, 0) is 43.2 Å². The van der Waals surface area contributed by atoms with Gasteiger partial charge in [0.05, 0.1) is 10.5 Å². The molecule has 3 aromatic rings. The van der Waals surface area contributed by atoms with Crippen molar-refractivity contribution in [2.75, 3.05) is 13.1 Å². The molecule has 9 nitrogen and oxygen atoms in total. The third kappa shape index (κ3) is 3.96. The lowest BCUT2D eigenvalue weighted by Gasteiger charge is -2.31. The molecule has 1 saturated heterocycles. The highest BCUT2D eigenvalue weighted by atomic mass is 35.5. The van der Waals surface area contributed by atoms with Crippen molar-refractivity contribution < 1.29 is 18.3 Å². The predicted molar refractivity (Wildman–Crippen MR) is 115 cm³/mol. The third-order valence-electron chi connectivity index (χ3n) is 5.32. The standard InChI is InChI=1S/C19H18Cl2N4O5S/c20-12-3-4-16(14(21)10-12)31(29,30)23-8-5-13(6-9-23)25-18-15(2-1-7-22-18)24(19(25)28)11-17(26)27/h1-4,7,10,13H,5-6,8-9,11H2,(H,26,27). The van der Waals surface area contributed by atoms with Crippen LogP contribution in [0.3, 0.4) is 0 Å². The minimum Gasteiger partial charge on any atom is -0.480 e. The summed E-state index contributed by atoms with van der Waals surface area (Å²) in [4.78, 5) is 28.4. The molecule has 1 fully saturated rings. The first-order valence-electron chi connectivity index (χ1n) is 9.43. The molecule has 1 aliphatic rings. The van der Waals surface area contributed by atoms with Crippen LogP contribution in [0.15, 0.2) is 46.2 Å². The molecule has 4 rings (SSSR count). The van der Waals surface area contributed by atoms with Crippen molar-refractivity contribution in [3.63, 3.8) is 0 Å². The summed E-state index contributed by atoms with van der Waals surface area (Å²) in [5, 5.41) is 9.55. The summed E-state index contributed by atoms with van der Waals surface area (Å²) in [5.74, 6) is -1.13. The Labute approximate surface area is 187 Å². The van der Waals surface area contributed by atoms with Gasteiger partial charge >= 0.3 is 11.7 Å². The maximum Gasteiger partial charge on any atom is 0.331 e. The van der Waals surface area contributed by atoms with Gasteiger partial charge in [-0.25, -0.2) is 18.2 Å². The van der Waals surface area contributed by atoms with Crippen LogP contribution in [0.5, 0.6) is 0 Å². The first-order chi connectivity index (χ1) is 14.7. The van der Waals surface area contributed by atoms with E-state index in [4.69, 9.17) is 28.3 Å². The Morgan fingerprint density at radius 2 is 1.90 bits per heavy atom. The Bertz CT molecular complexity index is 1330. The van der Waals surface area contributed by atoms with E-state index in [-0.39, 0.29) is 29.0 Å². The van der Waals surface area contributed by atoms with E-state index in [0.717, 1.165) is 0 Å². The maximum absolute atomic E-state index is 13.0. The molecule has 0 atom stereocenters. The van der Waals surface area contributed by atoms with Crippen molar-refractivity contribution in [2.24, 2.45) is 0 Å². The number of sulfonamides is 1. The smallest absolute Gasteiger partial charge is 0.331 e. The second-order valence-electron chi connectivity index (χ2n) is 7.19. The van der Waals surface area contributed by atoms with Gasteiger partial charge in [-0.2, -0.15) is 4.31 Å². The van der Waals surface area contributed by atoms with Crippen LogP contribution in [0.25, 0.3) is 11.2 Å². The molecule has 31 heavy (non-hydrogen) atoms. The molecule has 0 amide bonds. The van der Waals surface area contributed by atoms with Gasteiger partial charge in [0.25, 0.3) is 0 Å². The number of nitrogens with zero attached hydrogens (tertiary/aromatic N) is 4. The molecular weight excluding hydrogens is 467 g/mol. The average Bonchev–Trinajstić information content (AvgIpc) is 2.99. The number of pyridine rings is 1. The fourth-order valence-corrected chi connectivity index (χ4v) is 6.11. The molecule has 1 aromatic carbocycles. The molecule has 2 aromatic heterocycles. The third-order valence-corrected chi connectivity index (χ3v) is 7.93. The molecule has 0 radical (unpaired) electrons. The molecule has 0 spiro atoms. The lowest BCUT2D eigenvalue weighted by molar-refractivity contribution is -0.137. The SMILES string of the molecule is O=C(O)Cn1c(=O)n(C2CCN(S(=O)(=O)c3ccc(Cl)cc3Cl)CC2)c2ncccc21. The van der Waals surface area contributed by atoms with Crippen LogP contribution in [0, 0.1) is 0 Å². The molecule has 0 aliphatic carbocycles. The molecule has 0 unspecified atom stereocenters. The number of imidazole rings is 1. The number of carboxylic acids is 1. The molecule has 164 valence electrons. The van der Waals surface area contributed by atoms with Crippen LogP contribution < -0.4 is 5.69 Å². The van der Waals surface area contributed by atoms with Crippen molar-refractivity contribution in [3.05, 3.63) is 57.1 Å². The lowest BCUT2D eigenvalue weighted by Crippen LogP contribution is -2.41. The summed E-state index contributed by atoms with van der Waals surface area (Å²) in [6.45, 7) is -0.121. The van der Waals surface area contributed by atoms with Crippen molar-refractivity contribution in [2.45, 2.75) is 30.3 Å². The zero-order valence-electron chi connectivity index (χ0n) is 16.1. The Morgan fingerprint density at radius 1 is 1.19 bits per heavy atom. The fourth-order valence-electron chi connectivity index (χ4n) is 3.89. The van der Waals surface area contributed by atoms with E-state index in [1.54, 1.807) is 12.1 Å². The van der Waals surface area contributed by atoms with Crippen molar-refractivity contribution in [1.29, 1.82) is 0 Å². The second kappa shape index (κ2) is 8.27. The van der Waals surface area contributed by atoms with Crippen LogP contribution in [-0.2, 0) is 21.4 Å². The van der Waals surface area contributed by atoms with E-state index >= 15 is 0 Å². The van der Waals surface area contributed by atoms with Gasteiger partial charge in [-0.3, -0.25) is 13.9 Å². The van der Waals surface area contributed by atoms with Crippen LogP contribution in [0.4, 0.5) is 0 Å². The van der Waals surface area contributed by atoms with Gasteiger partial charge in [0.15, 0.2) is 5.65 Å². The van der Waals surface area contributed by atoms with E-state index in [1.807, 2.05) is 0 Å². The van der Waals surface area contributed by atoms with E-state index < -0.39 is 28.2 Å². The molecular formula is C19H18Cl2N4O5S. The predicted octanol–water partition coefficient (Wildman–Crippen LogP) is 2.62. The zero-order valence-corrected chi connectivity index (χ0v) is 18.4. The quantitative estimate of drug-likeness (QED) is 0.594. The highest BCUT2D eigenvalue weighted by molar-refractivity contribution is 7.89. The van der Waals surface area contributed by atoms with Gasteiger partial charge in [0.2, 0.25) is 10.0 Å². The van der Waals surface area contributed by atoms with E-state index in [2.05, 4.69) is 4.98 Å². The average molecular weight is 485 g/mol. The Kier molecular flexibility index (Phi) is 5.82. The molecule has 1 aliphatic heterocycles. The highest BCUT2D eigenvalue weighted by Crippen LogP contribution is 2.32. The number of carbonyl (C=O) groups is 1. The van der Waals surface area contributed by atoms with Gasteiger partial charge in [-0.15, -0.1) is 0 Å². The number of carboxylic acid groups (broad SMARTS) is 1. The minimum absolute atomic E-state index is 0.0195. The number of hydrogen-bond acceptors (Lipinski definition) is 5. The topological polar surface area (TPSA) is 114 Å². The van der Waals surface area contributed by atoms with Crippen LogP contribution >= 0.6 is 23.2 Å². The Hall–Kier alpha value is -2.40. The number of halogens is 2. The highest BCUT2D eigenvalue weighted by Gasteiger charge is 2.33. The fraction of sp³-hybridized carbons (Fsp3) is 0.316. The van der Waals surface area contributed by atoms with Crippen LogP contribution in [-0.4, -0.2) is 51.0 Å². The van der Waals surface area contributed by atoms with Crippen molar-refractivity contribution in [1.82, 2.24) is 18.4 Å². The Morgan fingerprint density at radius 3 is 2.55 bits per heavy atom. The summed E-state index contributed by atoms with van der Waals surface area (Å²) >= 11 is 12.0. The van der Waals surface area contributed by atoms with Gasteiger partial charge in [0.1, 0.15) is 11.4 Å². The number of rotatable bonds is 5. The number of hydrogen-bond donors (Lipinski definition) is 1. The second-order valence-corrected chi connectivity index (χ2v) is 9.94. The molecule has 0 saturated carbocycles. The van der Waals surface area contributed by atoms with E-state index in [0.29, 0.717) is 29.0 Å². The van der Waals surface area contributed by atoms with Gasteiger partial charge < -0.3 is 5.11 Å². The number of fused-ring (bicyclic) bond motifs is 1. The summed E-state index contributed by atoms with van der Waals surface area (Å²) in [7, 11) is -3.82. The zero-order chi connectivity index (χ0) is 22.3. The number of aliphatic carboxylic acids is 1. The number of aromatic nitrogens is 3. The normalized spacial score (nSPS) is 16.1. The number of piperidine rings is 1. The largest absolute Gasteiger partial charge is 0.480 e. The first kappa shape index (κ1) is 21.8. The minimum atomic E-state index is -3.82. The van der Waals surface area contributed by atoms with Crippen molar-refractivity contribution >= 4 is 50.4 Å². The molecule has 3 heterocycles. The summed E-state index contributed by atoms with van der Waals surface area (Å²) in [5.41, 5.74) is 0.340. The molecule has 0 bridgehead atoms. The summed E-state index contributed by atoms with van der Waals surface area (Å²) < 4.78 is 30.0. The lowest BCUT2D eigenvalue weighted by atomic mass is 10.1. The van der Waals surface area contributed by atoms with Gasteiger partial charge in [0, 0.05) is 30.4 Å². The van der Waals surface area contributed by atoms with E-state index in [9.17, 15) is 18.0 Å². The van der Waals surface area contributed by atoms with Crippen molar-refractivity contribution in [3.8, 4) is 0 Å². The Balaban J connectivity index is 1.62. The van der Waals surface area contributed by atoms with E-state index in [1.165, 1.54) is 37.8 Å². The van der Waals surface area contributed by atoms with Gasteiger partial charge in [-0.1, -0.05) is 23.2 Å². The monoisotopic (exact) mass is 484 g/mol. The summed E-state index contributed by atoms with van der Waals surface area (Å²) in [6.07, 6.45) is 2.27. The van der Waals surface area contributed by atoms with Crippen LogP contribution in [0.1, 0.15) is 18.9 Å². The maximum atomic E-state index is 13.0. The first-order valence-corrected chi connectivity index (χ1v) is 11.6. The summed E-state index contributed by atoms with van der Waals surface area (Å²) in [6, 6.07) is 7.19. The van der Waals surface area contributed by atoms with Crippen LogP contribution in [0.2, 0.25) is 10.0 Å².